The molecular formula is C14H27N3O. The Morgan fingerprint density at radius 2 is 2.00 bits per heavy atom. The summed E-state index contributed by atoms with van der Waals surface area (Å²) in [4.78, 5) is 17.0. The molecule has 18 heavy (non-hydrogen) atoms. The lowest BCUT2D eigenvalue weighted by atomic mass is 9.76. The molecule has 2 rings (SSSR count). The van der Waals surface area contributed by atoms with E-state index in [9.17, 15) is 4.79 Å². The van der Waals surface area contributed by atoms with E-state index in [2.05, 4.69) is 18.9 Å². The molecule has 0 bridgehead atoms. The molecular weight excluding hydrogens is 226 g/mol. The molecule has 0 aromatic carbocycles. The van der Waals surface area contributed by atoms with Gasteiger partial charge < -0.3 is 15.5 Å². The zero-order valence-electron chi connectivity index (χ0n) is 11.8. The number of rotatable bonds is 1. The van der Waals surface area contributed by atoms with E-state index in [1.165, 1.54) is 6.42 Å². The number of nitrogens with two attached hydrogens (primary N) is 1. The van der Waals surface area contributed by atoms with Crippen molar-refractivity contribution in [2.75, 3.05) is 33.2 Å². The van der Waals surface area contributed by atoms with Gasteiger partial charge in [0.1, 0.15) is 0 Å². The number of carbonyl (C=O) groups is 1. The van der Waals surface area contributed by atoms with Crippen molar-refractivity contribution in [2.24, 2.45) is 11.7 Å². The molecule has 1 saturated heterocycles. The molecule has 2 atom stereocenters. The van der Waals surface area contributed by atoms with E-state index >= 15 is 0 Å². The molecule has 2 N–H and O–H groups in total. The Balaban J connectivity index is 2.00. The number of amides is 1. The first-order valence-electron chi connectivity index (χ1n) is 7.28. The average Bonchev–Trinajstić information content (AvgIpc) is 2.53. The van der Waals surface area contributed by atoms with Crippen LogP contribution in [0.3, 0.4) is 0 Å². The summed E-state index contributed by atoms with van der Waals surface area (Å²) in [5, 5.41) is 0. The van der Waals surface area contributed by atoms with Gasteiger partial charge in [0, 0.05) is 19.6 Å². The van der Waals surface area contributed by atoms with Gasteiger partial charge in [0.15, 0.2) is 0 Å². The van der Waals surface area contributed by atoms with E-state index in [1.807, 2.05) is 4.90 Å². The normalized spacial score (nSPS) is 35.3. The monoisotopic (exact) mass is 253 g/mol. The highest BCUT2D eigenvalue weighted by Gasteiger charge is 2.40. The highest BCUT2D eigenvalue weighted by molar-refractivity contribution is 5.86. The van der Waals surface area contributed by atoms with Crippen LogP contribution in [0.2, 0.25) is 0 Å². The minimum absolute atomic E-state index is 0.198. The van der Waals surface area contributed by atoms with Crippen LogP contribution in [0.4, 0.5) is 0 Å². The van der Waals surface area contributed by atoms with Gasteiger partial charge in [-0.25, -0.2) is 0 Å². The van der Waals surface area contributed by atoms with Crippen LogP contribution < -0.4 is 5.73 Å². The second-order valence-electron chi connectivity index (χ2n) is 6.31. The summed E-state index contributed by atoms with van der Waals surface area (Å²) >= 11 is 0. The number of nitrogens with zero attached hydrogens (tertiary/aromatic N) is 2. The van der Waals surface area contributed by atoms with Crippen molar-refractivity contribution in [1.82, 2.24) is 9.80 Å². The third-order valence-corrected chi connectivity index (χ3v) is 4.47. The molecule has 4 nitrogen and oxygen atoms in total. The lowest BCUT2D eigenvalue weighted by Gasteiger charge is -2.39. The van der Waals surface area contributed by atoms with Gasteiger partial charge in [0.2, 0.25) is 5.91 Å². The molecule has 0 radical (unpaired) electrons. The van der Waals surface area contributed by atoms with Crippen LogP contribution >= 0.6 is 0 Å². The summed E-state index contributed by atoms with van der Waals surface area (Å²) in [6.45, 7) is 5.97. The van der Waals surface area contributed by atoms with Crippen molar-refractivity contribution < 1.29 is 4.79 Å². The van der Waals surface area contributed by atoms with Gasteiger partial charge in [-0.05, 0) is 38.8 Å². The zero-order valence-corrected chi connectivity index (χ0v) is 11.8. The molecule has 2 fully saturated rings. The van der Waals surface area contributed by atoms with Crippen LogP contribution in [0.15, 0.2) is 0 Å². The minimum atomic E-state index is -0.583. The largest absolute Gasteiger partial charge is 0.340 e. The maximum absolute atomic E-state index is 12.7. The van der Waals surface area contributed by atoms with Gasteiger partial charge in [-0.1, -0.05) is 19.8 Å². The van der Waals surface area contributed by atoms with Crippen molar-refractivity contribution in [3.63, 3.8) is 0 Å². The number of hydrogen-bond donors (Lipinski definition) is 1. The van der Waals surface area contributed by atoms with Crippen molar-refractivity contribution >= 4 is 5.91 Å². The van der Waals surface area contributed by atoms with Gasteiger partial charge >= 0.3 is 0 Å². The van der Waals surface area contributed by atoms with Gasteiger partial charge in [-0.2, -0.15) is 0 Å². The van der Waals surface area contributed by atoms with Gasteiger partial charge in [-0.3, -0.25) is 4.79 Å². The summed E-state index contributed by atoms with van der Waals surface area (Å²) < 4.78 is 0. The van der Waals surface area contributed by atoms with Crippen LogP contribution in [0, 0.1) is 5.92 Å². The predicted molar refractivity (Wildman–Crippen MR) is 73.2 cm³/mol. The Morgan fingerprint density at radius 3 is 2.72 bits per heavy atom. The fraction of sp³-hybridized carbons (Fsp3) is 0.929. The summed E-state index contributed by atoms with van der Waals surface area (Å²) in [6, 6.07) is 0. The zero-order chi connectivity index (χ0) is 13.2. The number of likely N-dealkylation sites (N-methyl/N-ethyl adjacent to an activating group) is 1. The highest BCUT2D eigenvalue weighted by atomic mass is 16.2. The summed E-state index contributed by atoms with van der Waals surface area (Å²) in [7, 11) is 2.12. The Bertz CT molecular complexity index is 307. The first-order valence-corrected chi connectivity index (χ1v) is 7.28. The minimum Gasteiger partial charge on any atom is -0.340 e. The SMILES string of the molecule is CC1CCCC(N)(C(=O)N2CCCN(C)CC2)C1. The third kappa shape index (κ3) is 3.04. The molecule has 104 valence electrons. The van der Waals surface area contributed by atoms with Crippen LogP contribution in [-0.4, -0.2) is 54.5 Å². The summed E-state index contributed by atoms with van der Waals surface area (Å²) in [6.07, 6.45) is 5.10. The smallest absolute Gasteiger partial charge is 0.242 e. The van der Waals surface area contributed by atoms with E-state index in [4.69, 9.17) is 5.73 Å². The van der Waals surface area contributed by atoms with Gasteiger partial charge in [0.25, 0.3) is 0 Å². The highest BCUT2D eigenvalue weighted by Crippen LogP contribution is 2.32. The van der Waals surface area contributed by atoms with E-state index in [1.54, 1.807) is 0 Å². The predicted octanol–water partition coefficient (Wildman–Crippen LogP) is 1.06. The van der Waals surface area contributed by atoms with Crippen molar-refractivity contribution in [1.29, 1.82) is 0 Å². The number of hydrogen-bond acceptors (Lipinski definition) is 3. The van der Waals surface area contributed by atoms with E-state index in [-0.39, 0.29) is 5.91 Å². The van der Waals surface area contributed by atoms with Crippen molar-refractivity contribution in [3.05, 3.63) is 0 Å². The second kappa shape index (κ2) is 5.57. The molecule has 0 aromatic heterocycles. The standard InChI is InChI=1S/C14H27N3O/c1-12-5-3-6-14(15,11-12)13(18)17-8-4-7-16(2)9-10-17/h12H,3-11,15H2,1-2H3. The van der Waals surface area contributed by atoms with Gasteiger partial charge in [0.05, 0.1) is 5.54 Å². The average molecular weight is 253 g/mol. The molecule has 0 spiro atoms. The fourth-order valence-corrected chi connectivity index (χ4v) is 3.35. The second-order valence-corrected chi connectivity index (χ2v) is 6.31. The van der Waals surface area contributed by atoms with Crippen LogP contribution in [0.25, 0.3) is 0 Å². The summed E-state index contributed by atoms with van der Waals surface area (Å²) in [5.41, 5.74) is 5.82. The molecule has 1 amide bonds. The van der Waals surface area contributed by atoms with E-state index < -0.39 is 5.54 Å². The lowest BCUT2D eigenvalue weighted by Crippen LogP contribution is -2.57. The fourth-order valence-electron chi connectivity index (χ4n) is 3.35. The van der Waals surface area contributed by atoms with Crippen LogP contribution in [-0.2, 0) is 4.79 Å². The molecule has 1 heterocycles. The molecule has 4 heteroatoms. The molecule has 0 aromatic rings. The lowest BCUT2D eigenvalue weighted by molar-refractivity contribution is -0.138. The van der Waals surface area contributed by atoms with Gasteiger partial charge in [-0.15, -0.1) is 0 Å². The Hall–Kier alpha value is -0.610. The third-order valence-electron chi connectivity index (χ3n) is 4.47. The Morgan fingerprint density at radius 1 is 1.22 bits per heavy atom. The maximum Gasteiger partial charge on any atom is 0.242 e. The van der Waals surface area contributed by atoms with Crippen molar-refractivity contribution in [2.45, 2.75) is 44.6 Å². The topological polar surface area (TPSA) is 49.6 Å². The van der Waals surface area contributed by atoms with Crippen LogP contribution in [0.1, 0.15) is 39.0 Å². The summed E-state index contributed by atoms with van der Waals surface area (Å²) in [5.74, 6) is 0.784. The Kier molecular flexibility index (Phi) is 4.28. The Labute approximate surface area is 110 Å². The molecule has 1 aliphatic heterocycles. The molecule has 2 aliphatic rings. The first kappa shape index (κ1) is 13.8. The van der Waals surface area contributed by atoms with Crippen LogP contribution in [0.5, 0.6) is 0 Å². The van der Waals surface area contributed by atoms with Crippen molar-refractivity contribution in [3.8, 4) is 0 Å². The van der Waals surface area contributed by atoms with E-state index in [0.29, 0.717) is 5.92 Å². The number of carbonyl (C=O) groups excluding carboxylic acids is 1. The molecule has 2 unspecified atom stereocenters. The maximum atomic E-state index is 12.7. The molecule has 1 aliphatic carbocycles. The first-order chi connectivity index (χ1) is 8.51. The quantitative estimate of drug-likeness (QED) is 0.760. The van der Waals surface area contributed by atoms with E-state index in [0.717, 1.165) is 51.9 Å². The molecule has 1 saturated carbocycles.